The number of rotatable bonds is 3. The SMILES string of the molecule is CCNc1nc(-c2ccc(F)cc2F)c2cn[nH]c2n1. The minimum Gasteiger partial charge on any atom is -0.354 e. The smallest absolute Gasteiger partial charge is 0.225 e. The summed E-state index contributed by atoms with van der Waals surface area (Å²) >= 11 is 0. The number of nitrogens with one attached hydrogen (secondary N) is 2. The van der Waals surface area contributed by atoms with Gasteiger partial charge in [0, 0.05) is 18.2 Å². The summed E-state index contributed by atoms with van der Waals surface area (Å²) in [4.78, 5) is 8.50. The zero-order valence-electron chi connectivity index (χ0n) is 10.6. The van der Waals surface area contributed by atoms with Gasteiger partial charge in [-0.25, -0.2) is 13.8 Å². The molecule has 7 heteroatoms. The Morgan fingerprint density at radius 1 is 1.25 bits per heavy atom. The van der Waals surface area contributed by atoms with Crippen LogP contribution in [0.2, 0.25) is 0 Å². The molecule has 0 fully saturated rings. The molecule has 0 aliphatic carbocycles. The first-order valence-corrected chi connectivity index (χ1v) is 6.09. The summed E-state index contributed by atoms with van der Waals surface area (Å²) in [6.45, 7) is 2.53. The molecule has 0 atom stereocenters. The lowest BCUT2D eigenvalue weighted by molar-refractivity contribution is 0.585. The molecular weight excluding hydrogens is 264 g/mol. The summed E-state index contributed by atoms with van der Waals surface area (Å²) in [5, 5.41) is 10.2. The fraction of sp³-hybridized carbons (Fsp3) is 0.154. The topological polar surface area (TPSA) is 66.5 Å². The van der Waals surface area contributed by atoms with Gasteiger partial charge in [0.1, 0.15) is 11.6 Å². The standard InChI is InChI=1S/C13H11F2N5/c1-2-16-13-18-11(9-6-17-20-12(9)19-13)8-4-3-7(14)5-10(8)15/h3-6H,2H2,1H3,(H2,16,17,18,19,20). The fourth-order valence-corrected chi connectivity index (χ4v) is 1.96. The Kier molecular flexibility index (Phi) is 3.02. The van der Waals surface area contributed by atoms with Gasteiger partial charge in [0.2, 0.25) is 5.95 Å². The lowest BCUT2D eigenvalue weighted by atomic mass is 10.1. The Balaban J connectivity index is 2.25. The highest BCUT2D eigenvalue weighted by atomic mass is 19.1. The summed E-state index contributed by atoms with van der Waals surface area (Å²) in [6, 6.07) is 3.38. The Hall–Kier alpha value is -2.57. The second-order valence-corrected chi connectivity index (χ2v) is 4.18. The summed E-state index contributed by atoms with van der Waals surface area (Å²) in [6.07, 6.45) is 1.52. The average molecular weight is 275 g/mol. The van der Waals surface area contributed by atoms with E-state index in [0.717, 1.165) is 6.07 Å². The van der Waals surface area contributed by atoms with E-state index in [0.29, 0.717) is 29.2 Å². The molecule has 0 radical (unpaired) electrons. The van der Waals surface area contributed by atoms with Crippen molar-refractivity contribution in [2.75, 3.05) is 11.9 Å². The first-order chi connectivity index (χ1) is 9.69. The monoisotopic (exact) mass is 275 g/mol. The van der Waals surface area contributed by atoms with E-state index in [1.165, 1.54) is 18.3 Å². The van der Waals surface area contributed by atoms with Crippen LogP contribution in [0.15, 0.2) is 24.4 Å². The summed E-state index contributed by atoms with van der Waals surface area (Å²) in [7, 11) is 0. The predicted molar refractivity (Wildman–Crippen MR) is 71.2 cm³/mol. The largest absolute Gasteiger partial charge is 0.354 e. The molecule has 2 aromatic heterocycles. The molecule has 3 aromatic rings. The summed E-state index contributed by atoms with van der Waals surface area (Å²) < 4.78 is 26.9. The van der Waals surface area contributed by atoms with Crippen LogP contribution in [0.1, 0.15) is 6.92 Å². The lowest BCUT2D eigenvalue weighted by Gasteiger charge is -2.07. The number of anilines is 1. The normalized spacial score (nSPS) is 10.9. The molecule has 0 spiro atoms. The molecule has 2 heterocycles. The van der Waals surface area contributed by atoms with Gasteiger partial charge in [-0.15, -0.1) is 0 Å². The molecule has 0 unspecified atom stereocenters. The van der Waals surface area contributed by atoms with Crippen LogP contribution in [0.4, 0.5) is 14.7 Å². The maximum Gasteiger partial charge on any atom is 0.225 e. The number of hydrogen-bond acceptors (Lipinski definition) is 4. The molecule has 0 bridgehead atoms. The van der Waals surface area contributed by atoms with Crippen LogP contribution in [0.25, 0.3) is 22.3 Å². The Morgan fingerprint density at radius 3 is 2.85 bits per heavy atom. The van der Waals surface area contributed by atoms with Gasteiger partial charge < -0.3 is 5.32 Å². The van der Waals surface area contributed by atoms with Gasteiger partial charge in [0.15, 0.2) is 5.65 Å². The van der Waals surface area contributed by atoms with Crippen LogP contribution in [-0.4, -0.2) is 26.7 Å². The van der Waals surface area contributed by atoms with Crippen molar-refractivity contribution < 1.29 is 8.78 Å². The number of nitrogens with zero attached hydrogens (tertiary/aromatic N) is 3. The van der Waals surface area contributed by atoms with Crippen molar-refractivity contribution in [1.29, 1.82) is 0 Å². The highest BCUT2D eigenvalue weighted by Gasteiger charge is 2.15. The quantitative estimate of drug-likeness (QED) is 0.771. The summed E-state index contributed by atoms with van der Waals surface area (Å²) in [5.74, 6) is -0.938. The third kappa shape index (κ3) is 2.07. The number of fused-ring (bicyclic) bond motifs is 1. The predicted octanol–water partition coefficient (Wildman–Crippen LogP) is 2.73. The van der Waals surface area contributed by atoms with Gasteiger partial charge in [-0.3, -0.25) is 5.10 Å². The molecule has 102 valence electrons. The van der Waals surface area contributed by atoms with Crippen LogP contribution in [-0.2, 0) is 0 Å². The number of hydrogen-bond donors (Lipinski definition) is 2. The molecule has 0 saturated carbocycles. The van der Waals surface area contributed by atoms with Crippen LogP contribution < -0.4 is 5.32 Å². The van der Waals surface area contributed by atoms with E-state index in [1.807, 2.05) is 6.92 Å². The maximum atomic E-state index is 13.9. The van der Waals surface area contributed by atoms with Crippen LogP contribution in [0, 0.1) is 11.6 Å². The highest BCUT2D eigenvalue weighted by molar-refractivity contribution is 5.90. The van der Waals surface area contributed by atoms with Gasteiger partial charge in [0.05, 0.1) is 17.3 Å². The van der Waals surface area contributed by atoms with E-state index < -0.39 is 11.6 Å². The molecule has 1 aromatic carbocycles. The van der Waals surface area contributed by atoms with Crippen LogP contribution in [0.3, 0.4) is 0 Å². The Morgan fingerprint density at radius 2 is 2.10 bits per heavy atom. The maximum absolute atomic E-state index is 13.9. The Labute approximate surface area is 113 Å². The number of benzene rings is 1. The van der Waals surface area contributed by atoms with Gasteiger partial charge >= 0.3 is 0 Å². The molecule has 0 aliphatic heterocycles. The van der Waals surface area contributed by atoms with Crippen molar-refractivity contribution in [3.05, 3.63) is 36.0 Å². The van der Waals surface area contributed by atoms with Crippen molar-refractivity contribution in [3.63, 3.8) is 0 Å². The molecule has 0 saturated heterocycles. The van der Waals surface area contributed by atoms with Gasteiger partial charge in [-0.05, 0) is 19.1 Å². The van der Waals surface area contributed by atoms with Crippen molar-refractivity contribution in [1.82, 2.24) is 20.2 Å². The number of aromatic amines is 1. The number of aromatic nitrogens is 4. The van der Waals surface area contributed by atoms with E-state index in [1.54, 1.807) is 0 Å². The van der Waals surface area contributed by atoms with E-state index >= 15 is 0 Å². The first-order valence-electron chi connectivity index (χ1n) is 6.09. The van der Waals surface area contributed by atoms with Crippen molar-refractivity contribution >= 4 is 17.0 Å². The molecule has 3 rings (SSSR count). The van der Waals surface area contributed by atoms with E-state index in [4.69, 9.17) is 0 Å². The molecule has 0 aliphatic rings. The highest BCUT2D eigenvalue weighted by Crippen LogP contribution is 2.28. The van der Waals surface area contributed by atoms with Crippen molar-refractivity contribution in [3.8, 4) is 11.3 Å². The van der Waals surface area contributed by atoms with Gasteiger partial charge in [0.25, 0.3) is 0 Å². The average Bonchev–Trinajstić information content (AvgIpc) is 2.86. The second kappa shape index (κ2) is 4.84. The number of halogens is 2. The van der Waals surface area contributed by atoms with E-state index in [2.05, 4.69) is 25.5 Å². The summed E-state index contributed by atoms with van der Waals surface area (Å²) in [5.41, 5.74) is 1.08. The minimum absolute atomic E-state index is 0.208. The molecular formula is C13H11F2N5. The molecule has 2 N–H and O–H groups in total. The third-order valence-corrected chi connectivity index (χ3v) is 2.83. The molecule has 5 nitrogen and oxygen atoms in total. The Bertz CT molecular complexity index is 769. The van der Waals surface area contributed by atoms with Gasteiger partial charge in [-0.2, -0.15) is 10.1 Å². The van der Waals surface area contributed by atoms with Crippen molar-refractivity contribution in [2.24, 2.45) is 0 Å². The second-order valence-electron chi connectivity index (χ2n) is 4.18. The lowest BCUT2D eigenvalue weighted by Crippen LogP contribution is -2.03. The number of H-pyrrole nitrogens is 1. The van der Waals surface area contributed by atoms with Gasteiger partial charge in [-0.1, -0.05) is 0 Å². The minimum atomic E-state index is -0.673. The first kappa shape index (κ1) is 12.5. The zero-order valence-corrected chi connectivity index (χ0v) is 10.6. The van der Waals surface area contributed by atoms with Crippen molar-refractivity contribution in [2.45, 2.75) is 6.92 Å². The van der Waals surface area contributed by atoms with Crippen LogP contribution in [0.5, 0.6) is 0 Å². The third-order valence-electron chi connectivity index (χ3n) is 2.83. The van der Waals surface area contributed by atoms with Crippen LogP contribution >= 0.6 is 0 Å². The molecule has 20 heavy (non-hydrogen) atoms. The molecule has 0 amide bonds. The fourth-order valence-electron chi connectivity index (χ4n) is 1.96. The van der Waals surface area contributed by atoms with E-state index in [-0.39, 0.29) is 5.56 Å². The zero-order chi connectivity index (χ0) is 14.1. The van der Waals surface area contributed by atoms with E-state index in [9.17, 15) is 8.78 Å².